The van der Waals surface area contributed by atoms with Crippen LogP contribution in [0.1, 0.15) is 25.0 Å². The lowest BCUT2D eigenvalue weighted by atomic mass is 10.0. The molecule has 1 heterocycles. The number of carbonyl (C=O) groups excluding carboxylic acids is 1. The molecule has 2 aromatic rings. The number of fused-ring (bicyclic) bond motifs is 1. The summed E-state index contributed by atoms with van der Waals surface area (Å²) in [6.07, 6.45) is 0. The van der Waals surface area contributed by atoms with Crippen LogP contribution >= 0.6 is 0 Å². The van der Waals surface area contributed by atoms with E-state index in [0.717, 1.165) is 22.6 Å². The molecule has 0 radical (unpaired) electrons. The summed E-state index contributed by atoms with van der Waals surface area (Å²) in [4.78, 5) is 14.6. The molecule has 0 unspecified atom stereocenters. The summed E-state index contributed by atoms with van der Waals surface area (Å²) < 4.78 is 5.87. The number of nitrogens with zero attached hydrogens (tertiary/aromatic N) is 1. The fourth-order valence-electron chi connectivity index (χ4n) is 2.66. The zero-order chi connectivity index (χ0) is 15.7. The highest BCUT2D eigenvalue weighted by molar-refractivity contribution is 6.02. The van der Waals surface area contributed by atoms with Crippen molar-refractivity contribution in [3.05, 3.63) is 59.7 Å². The topological polar surface area (TPSA) is 55.6 Å². The molecule has 4 nitrogen and oxygen atoms in total. The number of amides is 1. The lowest BCUT2D eigenvalue weighted by Crippen LogP contribution is -2.52. The first-order valence-corrected chi connectivity index (χ1v) is 7.39. The van der Waals surface area contributed by atoms with E-state index in [1.54, 1.807) is 18.7 Å². The van der Waals surface area contributed by atoms with Crippen LogP contribution in [0.2, 0.25) is 0 Å². The number of carbonyl (C=O) groups is 1. The summed E-state index contributed by atoms with van der Waals surface area (Å²) in [6.45, 7) is 4.55. The molecule has 1 aliphatic heterocycles. The first-order valence-electron chi connectivity index (χ1n) is 7.39. The summed E-state index contributed by atoms with van der Waals surface area (Å²) in [5.41, 5.74) is 7.70. The van der Waals surface area contributed by atoms with Crippen molar-refractivity contribution in [2.75, 3.05) is 4.90 Å². The number of hydrogen-bond acceptors (Lipinski definition) is 3. The van der Waals surface area contributed by atoms with E-state index in [0.29, 0.717) is 13.1 Å². The van der Waals surface area contributed by atoms with E-state index < -0.39 is 5.60 Å². The Bertz CT molecular complexity index is 695. The molecule has 0 atom stereocenters. The minimum absolute atomic E-state index is 0.0435. The van der Waals surface area contributed by atoms with Gasteiger partial charge in [-0.2, -0.15) is 0 Å². The van der Waals surface area contributed by atoms with Crippen molar-refractivity contribution in [3.8, 4) is 5.75 Å². The Morgan fingerprint density at radius 3 is 2.50 bits per heavy atom. The van der Waals surface area contributed by atoms with Gasteiger partial charge in [-0.3, -0.25) is 4.79 Å². The van der Waals surface area contributed by atoms with Crippen LogP contribution in [-0.2, 0) is 17.9 Å². The van der Waals surface area contributed by atoms with E-state index in [1.165, 1.54) is 0 Å². The Balaban J connectivity index is 2.05. The van der Waals surface area contributed by atoms with Gasteiger partial charge in [0.1, 0.15) is 5.75 Å². The molecule has 0 aromatic heterocycles. The Morgan fingerprint density at radius 1 is 1.09 bits per heavy atom. The normalized spacial score (nSPS) is 16.1. The number of benzene rings is 2. The fraction of sp³-hybridized carbons (Fsp3) is 0.278. The molecule has 0 aliphatic carbocycles. The Hall–Kier alpha value is -2.33. The van der Waals surface area contributed by atoms with Crippen molar-refractivity contribution in [2.45, 2.75) is 32.5 Å². The minimum atomic E-state index is -0.869. The molecular weight excluding hydrogens is 276 g/mol. The molecule has 2 N–H and O–H groups in total. The molecule has 22 heavy (non-hydrogen) atoms. The lowest BCUT2D eigenvalue weighted by Gasteiger charge is -2.39. The monoisotopic (exact) mass is 296 g/mol. The van der Waals surface area contributed by atoms with Crippen LogP contribution in [0.5, 0.6) is 5.75 Å². The smallest absolute Gasteiger partial charge is 0.271 e. The average Bonchev–Trinajstić information content (AvgIpc) is 2.52. The Labute approximate surface area is 130 Å². The second kappa shape index (κ2) is 5.46. The highest BCUT2D eigenvalue weighted by atomic mass is 16.5. The van der Waals surface area contributed by atoms with E-state index in [-0.39, 0.29) is 5.91 Å². The number of anilines is 1. The van der Waals surface area contributed by atoms with Crippen LogP contribution in [0.3, 0.4) is 0 Å². The second-order valence-electron chi connectivity index (χ2n) is 6.00. The van der Waals surface area contributed by atoms with Crippen molar-refractivity contribution < 1.29 is 9.53 Å². The molecule has 0 fully saturated rings. The SMILES string of the molecule is CC1(C)Oc2ccc(CN)cc2N(Cc2ccccc2)C1=O. The first kappa shape index (κ1) is 14.6. The van der Waals surface area contributed by atoms with Crippen molar-refractivity contribution >= 4 is 11.6 Å². The molecule has 4 heteroatoms. The summed E-state index contributed by atoms with van der Waals surface area (Å²) in [6, 6.07) is 15.7. The third kappa shape index (κ3) is 2.57. The first-order chi connectivity index (χ1) is 10.5. The highest BCUT2D eigenvalue weighted by Crippen LogP contribution is 2.39. The molecular formula is C18H20N2O2. The van der Waals surface area contributed by atoms with Crippen molar-refractivity contribution in [3.63, 3.8) is 0 Å². The summed E-state index contributed by atoms with van der Waals surface area (Å²) in [5, 5.41) is 0. The molecule has 114 valence electrons. The van der Waals surface area contributed by atoms with Crippen molar-refractivity contribution in [1.29, 1.82) is 0 Å². The standard InChI is InChI=1S/C18H20N2O2/c1-18(2)17(21)20(12-13-6-4-3-5-7-13)15-10-14(11-19)8-9-16(15)22-18/h3-10H,11-12,19H2,1-2H3. The van der Waals surface area contributed by atoms with E-state index in [9.17, 15) is 4.79 Å². The van der Waals surface area contributed by atoms with Crippen LogP contribution in [0, 0.1) is 0 Å². The summed E-state index contributed by atoms with van der Waals surface area (Å²) >= 11 is 0. The molecule has 1 amide bonds. The van der Waals surface area contributed by atoms with Crippen LogP contribution in [0.15, 0.2) is 48.5 Å². The van der Waals surface area contributed by atoms with E-state index in [4.69, 9.17) is 10.5 Å². The van der Waals surface area contributed by atoms with Crippen LogP contribution in [0.25, 0.3) is 0 Å². The van der Waals surface area contributed by atoms with Gasteiger partial charge in [-0.1, -0.05) is 36.4 Å². The van der Waals surface area contributed by atoms with Gasteiger partial charge in [0.25, 0.3) is 5.91 Å². The van der Waals surface area contributed by atoms with Crippen LogP contribution < -0.4 is 15.4 Å². The quantitative estimate of drug-likeness (QED) is 0.947. The molecule has 1 aliphatic rings. The molecule has 0 saturated carbocycles. The van der Waals surface area contributed by atoms with Gasteiger partial charge in [0, 0.05) is 6.54 Å². The van der Waals surface area contributed by atoms with Gasteiger partial charge in [-0.25, -0.2) is 0 Å². The maximum absolute atomic E-state index is 12.8. The predicted molar refractivity (Wildman–Crippen MR) is 86.7 cm³/mol. The Morgan fingerprint density at radius 2 is 1.82 bits per heavy atom. The molecule has 0 saturated heterocycles. The van der Waals surface area contributed by atoms with Crippen molar-refractivity contribution in [1.82, 2.24) is 0 Å². The van der Waals surface area contributed by atoms with Gasteiger partial charge >= 0.3 is 0 Å². The third-order valence-electron chi connectivity index (χ3n) is 3.86. The molecule has 3 rings (SSSR count). The van der Waals surface area contributed by atoms with Crippen LogP contribution in [0.4, 0.5) is 5.69 Å². The summed E-state index contributed by atoms with van der Waals surface area (Å²) in [5.74, 6) is 0.677. The highest BCUT2D eigenvalue weighted by Gasteiger charge is 2.40. The zero-order valence-corrected chi connectivity index (χ0v) is 12.9. The van der Waals surface area contributed by atoms with Gasteiger partial charge in [0.05, 0.1) is 12.2 Å². The zero-order valence-electron chi connectivity index (χ0n) is 12.9. The number of hydrogen-bond donors (Lipinski definition) is 1. The van der Waals surface area contributed by atoms with Gasteiger partial charge in [-0.05, 0) is 37.1 Å². The van der Waals surface area contributed by atoms with Crippen LogP contribution in [-0.4, -0.2) is 11.5 Å². The van der Waals surface area contributed by atoms with E-state index in [2.05, 4.69) is 0 Å². The lowest BCUT2D eigenvalue weighted by molar-refractivity contribution is -0.132. The maximum Gasteiger partial charge on any atom is 0.271 e. The van der Waals surface area contributed by atoms with E-state index in [1.807, 2.05) is 48.5 Å². The second-order valence-corrected chi connectivity index (χ2v) is 6.00. The minimum Gasteiger partial charge on any atom is -0.476 e. The molecule has 0 bridgehead atoms. The molecule has 2 aromatic carbocycles. The van der Waals surface area contributed by atoms with Gasteiger partial charge in [-0.15, -0.1) is 0 Å². The number of rotatable bonds is 3. The fourth-order valence-corrected chi connectivity index (χ4v) is 2.66. The van der Waals surface area contributed by atoms with Gasteiger partial charge in [0.2, 0.25) is 0 Å². The maximum atomic E-state index is 12.8. The number of nitrogens with two attached hydrogens (primary N) is 1. The summed E-state index contributed by atoms with van der Waals surface area (Å²) in [7, 11) is 0. The van der Waals surface area contributed by atoms with Gasteiger partial charge in [0.15, 0.2) is 5.60 Å². The average molecular weight is 296 g/mol. The number of ether oxygens (including phenoxy) is 1. The molecule has 0 spiro atoms. The van der Waals surface area contributed by atoms with E-state index >= 15 is 0 Å². The van der Waals surface area contributed by atoms with Gasteiger partial charge < -0.3 is 15.4 Å². The third-order valence-corrected chi connectivity index (χ3v) is 3.86. The van der Waals surface area contributed by atoms with Crippen molar-refractivity contribution in [2.24, 2.45) is 5.73 Å². The predicted octanol–water partition coefficient (Wildman–Crippen LogP) is 2.85. The largest absolute Gasteiger partial charge is 0.476 e. The Kier molecular flexibility index (Phi) is 3.62.